The van der Waals surface area contributed by atoms with Gasteiger partial charge in [-0.1, -0.05) is 17.4 Å². The first kappa shape index (κ1) is 13.2. The van der Waals surface area contributed by atoms with Gasteiger partial charge in [0.05, 0.1) is 21.1 Å². The molecule has 3 heterocycles. The van der Waals surface area contributed by atoms with Gasteiger partial charge in [0.1, 0.15) is 0 Å². The molecule has 102 valence electrons. The minimum Gasteiger partial charge on any atom is -0.375 e. The SMILES string of the molecule is Cc1nc(NC(=O)c2cccs2)sc1-c1csc(N)n1. The number of carbonyl (C=O) groups excluding carboxylic acids is 1. The van der Waals surface area contributed by atoms with Crippen LogP contribution in [0.15, 0.2) is 22.9 Å². The van der Waals surface area contributed by atoms with Gasteiger partial charge in [-0.05, 0) is 18.4 Å². The Morgan fingerprint density at radius 1 is 1.35 bits per heavy atom. The van der Waals surface area contributed by atoms with Crippen LogP contribution in [0.1, 0.15) is 15.4 Å². The highest BCUT2D eigenvalue weighted by Gasteiger charge is 2.15. The average Bonchev–Trinajstić information content (AvgIpc) is 3.10. The van der Waals surface area contributed by atoms with Crippen LogP contribution < -0.4 is 11.1 Å². The Bertz CT molecular complexity index is 745. The number of nitrogen functional groups attached to an aromatic ring is 1. The smallest absolute Gasteiger partial charge is 0.267 e. The van der Waals surface area contributed by atoms with Gasteiger partial charge in [-0.2, -0.15) is 0 Å². The molecule has 20 heavy (non-hydrogen) atoms. The molecule has 0 radical (unpaired) electrons. The van der Waals surface area contributed by atoms with Crippen molar-refractivity contribution in [1.82, 2.24) is 9.97 Å². The number of hydrogen-bond donors (Lipinski definition) is 2. The first-order chi connectivity index (χ1) is 9.63. The molecular formula is C12H10N4OS3. The number of thiazole rings is 2. The first-order valence-electron chi connectivity index (χ1n) is 5.67. The number of amides is 1. The maximum Gasteiger partial charge on any atom is 0.267 e. The third-order valence-corrected chi connectivity index (χ3v) is 5.15. The highest BCUT2D eigenvalue weighted by Crippen LogP contribution is 2.34. The topological polar surface area (TPSA) is 80.9 Å². The van der Waals surface area contributed by atoms with Gasteiger partial charge < -0.3 is 5.73 Å². The van der Waals surface area contributed by atoms with E-state index < -0.39 is 0 Å². The van der Waals surface area contributed by atoms with E-state index in [1.165, 1.54) is 34.0 Å². The van der Waals surface area contributed by atoms with Gasteiger partial charge >= 0.3 is 0 Å². The van der Waals surface area contributed by atoms with Crippen molar-refractivity contribution < 1.29 is 4.79 Å². The summed E-state index contributed by atoms with van der Waals surface area (Å²) in [6.07, 6.45) is 0. The fourth-order valence-electron chi connectivity index (χ4n) is 1.65. The quantitative estimate of drug-likeness (QED) is 0.773. The lowest BCUT2D eigenvalue weighted by molar-refractivity contribution is 0.103. The molecule has 5 nitrogen and oxygen atoms in total. The molecule has 0 fully saturated rings. The van der Waals surface area contributed by atoms with Crippen LogP contribution in [0.5, 0.6) is 0 Å². The minimum absolute atomic E-state index is 0.141. The monoisotopic (exact) mass is 322 g/mol. The van der Waals surface area contributed by atoms with Gasteiger partial charge in [0, 0.05) is 5.38 Å². The Balaban J connectivity index is 1.84. The van der Waals surface area contributed by atoms with Crippen molar-refractivity contribution in [2.45, 2.75) is 6.92 Å². The number of rotatable bonds is 3. The number of thiophene rings is 1. The highest BCUT2D eigenvalue weighted by molar-refractivity contribution is 7.20. The van der Waals surface area contributed by atoms with Gasteiger partial charge in [0.25, 0.3) is 5.91 Å². The van der Waals surface area contributed by atoms with Crippen LogP contribution in [-0.2, 0) is 0 Å². The fourth-order valence-corrected chi connectivity index (χ4v) is 3.82. The van der Waals surface area contributed by atoms with Crippen LogP contribution >= 0.6 is 34.0 Å². The number of aryl methyl sites for hydroxylation is 1. The highest BCUT2D eigenvalue weighted by atomic mass is 32.1. The summed E-state index contributed by atoms with van der Waals surface area (Å²) < 4.78 is 0. The lowest BCUT2D eigenvalue weighted by Gasteiger charge is -1.97. The maximum atomic E-state index is 12.0. The largest absolute Gasteiger partial charge is 0.375 e. The van der Waals surface area contributed by atoms with Gasteiger partial charge in [0.15, 0.2) is 10.3 Å². The van der Waals surface area contributed by atoms with Crippen LogP contribution in [0.4, 0.5) is 10.3 Å². The molecule has 3 aromatic heterocycles. The number of nitrogens with two attached hydrogens (primary N) is 1. The molecule has 0 aliphatic carbocycles. The second kappa shape index (κ2) is 5.31. The summed E-state index contributed by atoms with van der Waals surface area (Å²) in [6, 6.07) is 3.62. The molecular weight excluding hydrogens is 312 g/mol. The van der Waals surface area contributed by atoms with E-state index in [0.717, 1.165) is 16.3 Å². The molecule has 0 saturated carbocycles. The Morgan fingerprint density at radius 2 is 2.20 bits per heavy atom. The predicted molar refractivity (Wildman–Crippen MR) is 84.6 cm³/mol. The third kappa shape index (κ3) is 2.58. The molecule has 3 aromatic rings. The van der Waals surface area contributed by atoms with Crippen molar-refractivity contribution in [2.75, 3.05) is 11.1 Å². The Kier molecular flexibility index (Phi) is 3.51. The van der Waals surface area contributed by atoms with Crippen molar-refractivity contribution >= 4 is 50.2 Å². The zero-order valence-corrected chi connectivity index (χ0v) is 12.9. The van der Waals surface area contributed by atoms with Gasteiger partial charge in [0.2, 0.25) is 0 Å². The summed E-state index contributed by atoms with van der Waals surface area (Å²) in [6.45, 7) is 1.89. The average molecular weight is 322 g/mol. The standard InChI is InChI=1S/C12H10N4OS3/c1-6-9(7-5-19-11(13)15-7)20-12(14-6)16-10(17)8-3-2-4-18-8/h2-5H,1H3,(H2,13,15)(H,14,16,17). The molecule has 3 N–H and O–H groups in total. The van der Waals surface area contributed by atoms with Crippen LogP contribution in [0, 0.1) is 6.92 Å². The lowest BCUT2D eigenvalue weighted by atomic mass is 10.3. The van der Waals surface area contributed by atoms with Crippen LogP contribution in [0.25, 0.3) is 10.6 Å². The van der Waals surface area contributed by atoms with Gasteiger partial charge in [-0.15, -0.1) is 22.7 Å². The van der Waals surface area contributed by atoms with E-state index >= 15 is 0 Å². The normalized spacial score (nSPS) is 10.7. The molecule has 0 saturated heterocycles. The van der Waals surface area contributed by atoms with E-state index in [0.29, 0.717) is 15.1 Å². The Hall–Kier alpha value is -1.77. The molecule has 0 atom stereocenters. The second-order valence-corrected chi connectivity index (χ2v) is 6.77. The third-order valence-electron chi connectivity index (χ3n) is 2.52. The number of nitrogens with one attached hydrogen (secondary N) is 1. The molecule has 0 bridgehead atoms. The predicted octanol–water partition coefficient (Wildman–Crippen LogP) is 3.47. The van der Waals surface area contributed by atoms with E-state index in [2.05, 4.69) is 15.3 Å². The van der Waals surface area contributed by atoms with Crippen molar-refractivity contribution in [2.24, 2.45) is 0 Å². The number of anilines is 2. The van der Waals surface area contributed by atoms with Crippen molar-refractivity contribution in [1.29, 1.82) is 0 Å². The first-order valence-corrected chi connectivity index (χ1v) is 8.24. The van der Waals surface area contributed by atoms with E-state index in [1.54, 1.807) is 6.07 Å². The van der Waals surface area contributed by atoms with Crippen molar-refractivity contribution in [3.8, 4) is 10.6 Å². The summed E-state index contributed by atoms with van der Waals surface area (Å²) in [5.41, 5.74) is 7.28. The molecule has 3 rings (SSSR count). The van der Waals surface area contributed by atoms with Gasteiger partial charge in [-0.25, -0.2) is 9.97 Å². The molecule has 1 amide bonds. The molecule has 0 aromatic carbocycles. The van der Waals surface area contributed by atoms with E-state index in [1.807, 2.05) is 23.8 Å². The summed E-state index contributed by atoms with van der Waals surface area (Å²) in [5.74, 6) is -0.141. The molecule has 0 aliphatic heterocycles. The summed E-state index contributed by atoms with van der Waals surface area (Å²) >= 11 is 4.19. The van der Waals surface area contributed by atoms with Crippen LogP contribution in [-0.4, -0.2) is 15.9 Å². The summed E-state index contributed by atoms with van der Waals surface area (Å²) in [5, 5.41) is 7.66. The number of nitrogens with zero attached hydrogens (tertiary/aromatic N) is 2. The lowest BCUT2D eigenvalue weighted by Crippen LogP contribution is -2.09. The van der Waals surface area contributed by atoms with Crippen LogP contribution in [0.3, 0.4) is 0 Å². The van der Waals surface area contributed by atoms with Crippen molar-refractivity contribution in [3.63, 3.8) is 0 Å². The number of hydrogen-bond acceptors (Lipinski definition) is 7. The van der Waals surface area contributed by atoms with Crippen LogP contribution in [0.2, 0.25) is 0 Å². The zero-order chi connectivity index (χ0) is 14.1. The maximum absolute atomic E-state index is 12.0. The van der Waals surface area contributed by atoms with E-state index in [9.17, 15) is 4.79 Å². The second-order valence-electron chi connectivity index (χ2n) is 3.94. The number of carbonyl (C=O) groups is 1. The molecule has 0 spiro atoms. The summed E-state index contributed by atoms with van der Waals surface area (Å²) in [7, 11) is 0. The van der Waals surface area contributed by atoms with E-state index in [4.69, 9.17) is 5.73 Å². The summed E-state index contributed by atoms with van der Waals surface area (Å²) in [4.78, 5) is 22.2. The molecule has 0 unspecified atom stereocenters. The Labute approximate surface area is 127 Å². The molecule has 8 heteroatoms. The zero-order valence-electron chi connectivity index (χ0n) is 10.4. The number of aromatic nitrogens is 2. The fraction of sp³-hybridized carbons (Fsp3) is 0.0833. The van der Waals surface area contributed by atoms with Gasteiger partial charge in [-0.3, -0.25) is 10.1 Å². The molecule has 0 aliphatic rings. The Morgan fingerprint density at radius 3 is 2.85 bits per heavy atom. The van der Waals surface area contributed by atoms with E-state index in [-0.39, 0.29) is 5.91 Å². The minimum atomic E-state index is -0.141. The van der Waals surface area contributed by atoms with Crippen molar-refractivity contribution in [3.05, 3.63) is 33.5 Å².